The number of carbonyl (C=O) groups is 1. The molecule has 4 nitrogen and oxygen atoms in total. The largest absolute Gasteiger partial charge is 0.369 e. The van der Waals surface area contributed by atoms with E-state index in [0.29, 0.717) is 25.2 Å². The first kappa shape index (κ1) is 19.5. The summed E-state index contributed by atoms with van der Waals surface area (Å²) in [6.45, 7) is 3.39. The Hall–Kier alpha value is -2.31. The zero-order valence-electron chi connectivity index (χ0n) is 15.3. The summed E-state index contributed by atoms with van der Waals surface area (Å²) in [6, 6.07) is 11.8. The number of nitrogens with one attached hydrogen (secondary N) is 1. The maximum absolute atomic E-state index is 13.7. The van der Waals surface area contributed by atoms with Gasteiger partial charge in [-0.1, -0.05) is 30.3 Å². The third-order valence-electron chi connectivity index (χ3n) is 4.97. The predicted octanol–water partition coefficient (Wildman–Crippen LogP) is 2.95. The molecule has 27 heavy (non-hydrogen) atoms. The molecule has 0 aromatic heterocycles. The van der Waals surface area contributed by atoms with Gasteiger partial charge in [0.2, 0.25) is 5.91 Å². The number of benzene rings is 2. The van der Waals surface area contributed by atoms with Crippen LogP contribution in [0.4, 0.5) is 8.78 Å². The van der Waals surface area contributed by atoms with Crippen molar-refractivity contribution in [2.45, 2.75) is 32.5 Å². The Kier molecular flexibility index (Phi) is 6.53. The first-order chi connectivity index (χ1) is 13.0. The average molecular weight is 373 g/mol. The number of halogens is 2. The van der Waals surface area contributed by atoms with E-state index >= 15 is 0 Å². The summed E-state index contributed by atoms with van der Waals surface area (Å²) < 4.78 is 26.6. The van der Waals surface area contributed by atoms with Crippen molar-refractivity contribution >= 4 is 5.91 Å². The summed E-state index contributed by atoms with van der Waals surface area (Å²) >= 11 is 0. The predicted molar refractivity (Wildman–Crippen MR) is 101 cm³/mol. The van der Waals surface area contributed by atoms with Gasteiger partial charge in [-0.05, 0) is 36.6 Å². The van der Waals surface area contributed by atoms with Gasteiger partial charge in [-0.15, -0.1) is 0 Å². The van der Waals surface area contributed by atoms with E-state index in [1.54, 1.807) is 0 Å². The first-order valence-electron chi connectivity index (χ1n) is 9.25. The Balaban J connectivity index is 1.53. The highest BCUT2D eigenvalue weighted by Gasteiger charge is 2.23. The molecule has 0 spiro atoms. The molecule has 1 aliphatic heterocycles. The van der Waals surface area contributed by atoms with Crippen LogP contribution < -0.4 is 11.1 Å². The highest BCUT2D eigenvalue weighted by Crippen LogP contribution is 2.19. The molecule has 1 fully saturated rings. The number of piperidine rings is 1. The van der Waals surface area contributed by atoms with Crippen LogP contribution >= 0.6 is 0 Å². The maximum Gasteiger partial charge on any atom is 0.221 e. The van der Waals surface area contributed by atoms with E-state index in [2.05, 4.69) is 22.3 Å². The van der Waals surface area contributed by atoms with Crippen LogP contribution in [-0.4, -0.2) is 23.9 Å². The van der Waals surface area contributed by atoms with Crippen LogP contribution in [0.5, 0.6) is 0 Å². The van der Waals surface area contributed by atoms with Crippen LogP contribution in [0.15, 0.2) is 42.5 Å². The number of rotatable bonds is 7. The van der Waals surface area contributed by atoms with Crippen LogP contribution in [0.1, 0.15) is 29.5 Å². The second-order valence-corrected chi connectivity index (χ2v) is 7.14. The summed E-state index contributed by atoms with van der Waals surface area (Å²) in [7, 11) is 0. The summed E-state index contributed by atoms with van der Waals surface area (Å²) in [5.74, 6) is -1.38. The second-order valence-electron chi connectivity index (χ2n) is 7.14. The molecular formula is C21H25F2N3O. The van der Waals surface area contributed by atoms with Gasteiger partial charge in [-0.25, -0.2) is 8.78 Å². The standard InChI is InChI=1S/C21H25F2N3O/c22-19-7-6-17(20(23)10-19)12-25-11-15-3-1-4-16(9-15)13-26-8-2-5-18(14-26)21(24)27/h1,3-4,6-7,9-10,18,25H,2,5,8,11-14H2,(H2,24,27)/t18-/m1/s1. The van der Waals surface area contributed by atoms with Crippen molar-refractivity contribution in [2.75, 3.05) is 13.1 Å². The minimum atomic E-state index is -0.569. The van der Waals surface area contributed by atoms with Crippen molar-refractivity contribution < 1.29 is 13.6 Å². The number of carbonyl (C=O) groups excluding carboxylic acids is 1. The van der Waals surface area contributed by atoms with Crippen molar-refractivity contribution in [3.8, 4) is 0 Å². The number of nitrogens with two attached hydrogens (primary N) is 1. The Labute approximate surface area is 158 Å². The van der Waals surface area contributed by atoms with Crippen molar-refractivity contribution in [1.29, 1.82) is 0 Å². The Bertz CT molecular complexity index is 797. The lowest BCUT2D eigenvalue weighted by molar-refractivity contribution is -0.123. The van der Waals surface area contributed by atoms with E-state index in [0.717, 1.165) is 37.6 Å². The van der Waals surface area contributed by atoms with Crippen molar-refractivity contribution in [3.05, 3.63) is 70.8 Å². The highest BCUT2D eigenvalue weighted by atomic mass is 19.1. The fourth-order valence-corrected chi connectivity index (χ4v) is 3.53. The summed E-state index contributed by atoms with van der Waals surface area (Å²) in [6.07, 6.45) is 1.85. The van der Waals surface area contributed by atoms with E-state index in [1.807, 2.05) is 12.1 Å². The zero-order valence-corrected chi connectivity index (χ0v) is 15.3. The van der Waals surface area contributed by atoms with Crippen molar-refractivity contribution in [3.63, 3.8) is 0 Å². The average Bonchev–Trinajstić information content (AvgIpc) is 2.64. The van der Waals surface area contributed by atoms with E-state index in [4.69, 9.17) is 5.73 Å². The van der Waals surface area contributed by atoms with Gasteiger partial charge in [-0.2, -0.15) is 0 Å². The summed E-state index contributed by atoms with van der Waals surface area (Å²) in [5.41, 5.74) is 8.16. The zero-order chi connectivity index (χ0) is 19.2. The van der Waals surface area contributed by atoms with Gasteiger partial charge < -0.3 is 11.1 Å². The van der Waals surface area contributed by atoms with Crippen LogP contribution in [0.3, 0.4) is 0 Å². The highest BCUT2D eigenvalue weighted by molar-refractivity contribution is 5.76. The lowest BCUT2D eigenvalue weighted by Gasteiger charge is -2.31. The molecular weight excluding hydrogens is 348 g/mol. The van der Waals surface area contributed by atoms with Crippen LogP contribution in [-0.2, 0) is 24.4 Å². The fourth-order valence-electron chi connectivity index (χ4n) is 3.53. The summed E-state index contributed by atoms with van der Waals surface area (Å²) in [5, 5.41) is 3.19. The van der Waals surface area contributed by atoms with Crippen molar-refractivity contribution in [1.82, 2.24) is 10.2 Å². The molecule has 1 heterocycles. The molecule has 0 saturated carbocycles. The lowest BCUT2D eigenvalue weighted by Crippen LogP contribution is -2.40. The third-order valence-corrected chi connectivity index (χ3v) is 4.97. The molecule has 1 aliphatic rings. The number of hydrogen-bond acceptors (Lipinski definition) is 3. The van der Waals surface area contributed by atoms with E-state index in [9.17, 15) is 13.6 Å². The van der Waals surface area contributed by atoms with E-state index in [-0.39, 0.29) is 11.8 Å². The maximum atomic E-state index is 13.7. The second kappa shape index (κ2) is 9.06. The van der Waals surface area contributed by atoms with Crippen LogP contribution in [0.2, 0.25) is 0 Å². The number of nitrogens with zero attached hydrogens (tertiary/aromatic N) is 1. The SMILES string of the molecule is NC(=O)[C@@H]1CCCN(Cc2cccc(CNCc3ccc(F)cc3F)c2)C1. The number of amides is 1. The lowest BCUT2D eigenvalue weighted by atomic mass is 9.97. The van der Waals surface area contributed by atoms with Crippen LogP contribution in [0, 0.1) is 17.6 Å². The van der Waals surface area contributed by atoms with Gasteiger partial charge in [0.05, 0.1) is 5.92 Å². The molecule has 0 radical (unpaired) electrons. The van der Waals surface area contributed by atoms with E-state index < -0.39 is 11.6 Å². The normalized spacial score (nSPS) is 17.8. The molecule has 0 bridgehead atoms. The Morgan fingerprint density at radius 2 is 1.96 bits per heavy atom. The topological polar surface area (TPSA) is 58.4 Å². The molecule has 2 aromatic carbocycles. The fraction of sp³-hybridized carbons (Fsp3) is 0.381. The number of likely N-dealkylation sites (tertiary alicyclic amines) is 1. The first-order valence-corrected chi connectivity index (χ1v) is 9.25. The van der Waals surface area contributed by atoms with Gasteiger partial charge in [0.25, 0.3) is 0 Å². The number of primary amides is 1. The minimum absolute atomic E-state index is 0.0609. The van der Waals surface area contributed by atoms with Gasteiger partial charge in [0.1, 0.15) is 11.6 Å². The molecule has 1 atom stereocenters. The molecule has 2 aromatic rings. The molecule has 6 heteroatoms. The third kappa shape index (κ3) is 5.58. The van der Waals surface area contributed by atoms with Gasteiger partial charge >= 0.3 is 0 Å². The summed E-state index contributed by atoms with van der Waals surface area (Å²) in [4.78, 5) is 13.7. The van der Waals surface area contributed by atoms with Crippen molar-refractivity contribution in [2.24, 2.45) is 11.7 Å². The van der Waals surface area contributed by atoms with Gasteiger partial charge in [0.15, 0.2) is 0 Å². The smallest absolute Gasteiger partial charge is 0.221 e. The molecule has 1 saturated heterocycles. The molecule has 3 rings (SSSR count). The quantitative estimate of drug-likeness (QED) is 0.785. The Morgan fingerprint density at radius 3 is 2.74 bits per heavy atom. The van der Waals surface area contributed by atoms with E-state index in [1.165, 1.54) is 17.7 Å². The molecule has 3 N–H and O–H groups in total. The Morgan fingerprint density at radius 1 is 1.15 bits per heavy atom. The number of hydrogen-bond donors (Lipinski definition) is 2. The molecule has 0 unspecified atom stereocenters. The molecule has 0 aliphatic carbocycles. The molecule has 144 valence electrons. The molecule has 1 amide bonds. The van der Waals surface area contributed by atoms with Gasteiger partial charge in [0, 0.05) is 37.8 Å². The monoisotopic (exact) mass is 373 g/mol. The van der Waals surface area contributed by atoms with Gasteiger partial charge in [-0.3, -0.25) is 9.69 Å². The van der Waals surface area contributed by atoms with Crippen LogP contribution in [0.25, 0.3) is 0 Å². The minimum Gasteiger partial charge on any atom is -0.369 e.